The molecule has 5 nitrogen and oxygen atoms in total. The molecule has 1 aromatic carbocycles. The van der Waals surface area contributed by atoms with Gasteiger partial charge in [0, 0.05) is 43.3 Å². The first-order chi connectivity index (χ1) is 9.43. The molecule has 0 unspecified atom stereocenters. The summed E-state index contributed by atoms with van der Waals surface area (Å²) in [6.07, 6.45) is 3.29. The monoisotopic (exact) mass is 293 g/mol. The zero-order chi connectivity index (χ0) is 14.8. The lowest BCUT2D eigenvalue weighted by Gasteiger charge is -2.20. The number of pyridine rings is 1. The van der Waals surface area contributed by atoms with Gasteiger partial charge in [-0.2, -0.15) is 4.31 Å². The van der Waals surface area contributed by atoms with E-state index in [2.05, 4.69) is 4.98 Å². The van der Waals surface area contributed by atoms with Crippen LogP contribution in [0.2, 0.25) is 0 Å². The van der Waals surface area contributed by atoms with Crippen molar-refractivity contribution in [3.63, 3.8) is 0 Å². The van der Waals surface area contributed by atoms with Gasteiger partial charge in [0.25, 0.3) is 0 Å². The molecule has 1 heterocycles. The van der Waals surface area contributed by atoms with Crippen molar-refractivity contribution in [1.29, 1.82) is 0 Å². The van der Waals surface area contributed by atoms with E-state index in [0.29, 0.717) is 23.4 Å². The molecule has 0 radical (unpaired) electrons. The largest absolute Gasteiger partial charge is 0.308 e. The molecule has 2 rings (SSSR count). The molecular weight excluding hydrogens is 274 g/mol. The topological polar surface area (TPSA) is 53.5 Å². The summed E-state index contributed by atoms with van der Waals surface area (Å²) in [5, 5.41) is 1.54. The molecule has 0 atom stereocenters. The summed E-state index contributed by atoms with van der Waals surface area (Å²) in [4.78, 5) is 6.31. The van der Waals surface area contributed by atoms with Crippen LogP contribution < -0.4 is 0 Å². The van der Waals surface area contributed by atoms with Crippen molar-refractivity contribution in [2.45, 2.75) is 4.90 Å². The second kappa shape index (κ2) is 5.87. The van der Waals surface area contributed by atoms with Gasteiger partial charge in [-0.1, -0.05) is 12.1 Å². The third-order valence-electron chi connectivity index (χ3n) is 3.19. The van der Waals surface area contributed by atoms with Crippen LogP contribution in [0.4, 0.5) is 0 Å². The number of likely N-dealkylation sites (N-methyl/N-ethyl adjacent to an activating group) is 2. The Kier molecular flexibility index (Phi) is 4.37. The third-order valence-corrected chi connectivity index (χ3v) is 5.11. The molecule has 1 aromatic heterocycles. The van der Waals surface area contributed by atoms with Gasteiger partial charge in [0.2, 0.25) is 10.0 Å². The van der Waals surface area contributed by atoms with Gasteiger partial charge in [-0.05, 0) is 26.2 Å². The van der Waals surface area contributed by atoms with E-state index in [4.69, 9.17) is 0 Å². The van der Waals surface area contributed by atoms with Gasteiger partial charge in [-0.3, -0.25) is 4.98 Å². The molecule has 0 aliphatic carbocycles. The number of hydrogen-bond donors (Lipinski definition) is 0. The fourth-order valence-electron chi connectivity index (χ4n) is 1.95. The van der Waals surface area contributed by atoms with Gasteiger partial charge in [-0.15, -0.1) is 0 Å². The molecular formula is C14H19N3O2S. The van der Waals surface area contributed by atoms with Crippen molar-refractivity contribution in [3.8, 4) is 0 Å². The number of aromatic nitrogens is 1. The van der Waals surface area contributed by atoms with Crippen LogP contribution in [-0.2, 0) is 10.0 Å². The lowest BCUT2D eigenvalue weighted by atomic mass is 10.2. The summed E-state index contributed by atoms with van der Waals surface area (Å²) in [5.74, 6) is 0. The molecule has 0 aliphatic heterocycles. The van der Waals surface area contributed by atoms with E-state index in [1.165, 1.54) is 4.31 Å². The maximum Gasteiger partial charge on any atom is 0.243 e. The van der Waals surface area contributed by atoms with Crippen molar-refractivity contribution in [1.82, 2.24) is 14.2 Å². The van der Waals surface area contributed by atoms with Gasteiger partial charge >= 0.3 is 0 Å². The summed E-state index contributed by atoms with van der Waals surface area (Å²) in [7, 11) is 1.97. The predicted molar refractivity (Wildman–Crippen MR) is 80.1 cm³/mol. The van der Waals surface area contributed by atoms with Crippen molar-refractivity contribution < 1.29 is 8.42 Å². The van der Waals surface area contributed by atoms with E-state index in [9.17, 15) is 8.42 Å². The Morgan fingerprint density at radius 3 is 2.55 bits per heavy atom. The van der Waals surface area contributed by atoms with Crippen LogP contribution in [0.3, 0.4) is 0 Å². The van der Waals surface area contributed by atoms with Crippen LogP contribution in [0, 0.1) is 0 Å². The average Bonchev–Trinajstić information content (AvgIpc) is 2.43. The van der Waals surface area contributed by atoms with Gasteiger partial charge in [0.15, 0.2) is 0 Å². The van der Waals surface area contributed by atoms with Crippen molar-refractivity contribution >= 4 is 20.8 Å². The highest BCUT2D eigenvalue weighted by molar-refractivity contribution is 7.89. The van der Waals surface area contributed by atoms with Crippen molar-refractivity contribution in [3.05, 3.63) is 36.7 Å². The second-order valence-corrected chi connectivity index (χ2v) is 7.00. The zero-order valence-corrected chi connectivity index (χ0v) is 12.8. The highest BCUT2D eigenvalue weighted by Crippen LogP contribution is 2.24. The zero-order valence-electron chi connectivity index (χ0n) is 11.9. The van der Waals surface area contributed by atoms with E-state index >= 15 is 0 Å². The summed E-state index contributed by atoms with van der Waals surface area (Å²) in [6.45, 7) is 1.14. The van der Waals surface area contributed by atoms with Crippen molar-refractivity contribution in [2.75, 3.05) is 34.2 Å². The van der Waals surface area contributed by atoms with Crippen LogP contribution in [-0.4, -0.2) is 56.8 Å². The van der Waals surface area contributed by atoms with Crippen LogP contribution in [0.5, 0.6) is 0 Å². The molecule has 0 amide bonds. The molecule has 0 bridgehead atoms. The minimum absolute atomic E-state index is 0.332. The Morgan fingerprint density at radius 1 is 1.10 bits per heavy atom. The number of benzene rings is 1. The first-order valence-electron chi connectivity index (χ1n) is 6.37. The molecule has 0 N–H and O–H groups in total. The normalized spacial score (nSPS) is 12.4. The first kappa shape index (κ1) is 14.9. The highest BCUT2D eigenvalue weighted by Gasteiger charge is 2.22. The SMILES string of the molecule is CN(C)CCN(C)S(=O)(=O)c1cccc2cnccc12. The molecule has 0 spiro atoms. The van der Waals surface area contributed by atoms with E-state index < -0.39 is 10.0 Å². The lowest BCUT2D eigenvalue weighted by molar-refractivity contribution is 0.358. The standard InChI is InChI=1S/C14H19N3O2S/c1-16(2)9-10-17(3)20(18,19)14-6-4-5-12-11-15-8-7-13(12)14/h4-8,11H,9-10H2,1-3H3. The summed E-state index contributed by atoms with van der Waals surface area (Å²) < 4.78 is 26.7. The van der Waals surface area contributed by atoms with E-state index in [1.807, 2.05) is 25.1 Å². The van der Waals surface area contributed by atoms with Crippen LogP contribution >= 0.6 is 0 Å². The number of nitrogens with zero attached hydrogens (tertiary/aromatic N) is 3. The summed E-state index contributed by atoms with van der Waals surface area (Å²) >= 11 is 0. The number of fused-ring (bicyclic) bond motifs is 1. The van der Waals surface area contributed by atoms with Gasteiger partial charge < -0.3 is 4.90 Å². The Hall–Kier alpha value is -1.50. The lowest BCUT2D eigenvalue weighted by Crippen LogP contribution is -2.33. The number of rotatable bonds is 5. The smallest absolute Gasteiger partial charge is 0.243 e. The summed E-state index contributed by atoms with van der Waals surface area (Å²) in [5.41, 5.74) is 0. The Labute approximate surface area is 119 Å². The van der Waals surface area contributed by atoms with E-state index in [1.54, 1.807) is 37.6 Å². The Morgan fingerprint density at radius 2 is 1.85 bits per heavy atom. The molecule has 0 saturated carbocycles. The number of sulfonamides is 1. The molecule has 0 aliphatic rings. The predicted octanol–water partition coefficient (Wildman–Crippen LogP) is 1.42. The Balaban J connectivity index is 2.41. The second-order valence-electron chi connectivity index (χ2n) is 4.98. The maximum absolute atomic E-state index is 12.6. The fraction of sp³-hybridized carbons (Fsp3) is 0.357. The van der Waals surface area contributed by atoms with E-state index in [-0.39, 0.29) is 0 Å². The minimum atomic E-state index is -3.48. The fourth-order valence-corrected chi connectivity index (χ4v) is 3.32. The average molecular weight is 293 g/mol. The molecule has 0 saturated heterocycles. The minimum Gasteiger partial charge on any atom is -0.308 e. The highest BCUT2D eigenvalue weighted by atomic mass is 32.2. The molecule has 20 heavy (non-hydrogen) atoms. The number of hydrogen-bond acceptors (Lipinski definition) is 4. The maximum atomic E-state index is 12.6. The van der Waals surface area contributed by atoms with Gasteiger partial charge in [-0.25, -0.2) is 8.42 Å². The van der Waals surface area contributed by atoms with Crippen molar-refractivity contribution in [2.24, 2.45) is 0 Å². The molecule has 2 aromatic rings. The quantitative estimate of drug-likeness (QED) is 0.836. The molecule has 6 heteroatoms. The Bertz CT molecular complexity index is 693. The summed E-state index contributed by atoms with van der Waals surface area (Å²) in [6, 6.07) is 6.99. The first-order valence-corrected chi connectivity index (χ1v) is 7.81. The van der Waals surface area contributed by atoms with Gasteiger partial charge in [0.05, 0.1) is 4.90 Å². The van der Waals surface area contributed by atoms with Crippen LogP contribution in [0.15, 0.2) is 41.6 Å². The third kappa shape index (κ3) is 2.98. The van der Waals surface area contributed by atoms with Crippen LogP contribution in [0.25, 0.3) is 10.8 Å². The molecule has 108 valence electrons. The van der Waals surface area contributed by atoms with E-state index in [0.717, 1.165) is 5.39 Å². The van der Waals surface area contributed by atoms with Gasteiger partial charge in [0.1, 0.15) is 0 Å². The molecule has 0 fully saturated rings. The van der Waals surface area contributed by atoms with Crippen LogP contribution in [0.1, 0.15) is 0 Å².